The summed E-state index contributed by atoms with van der Waals surface area (Å²) in [5.74, 6) is 0.832. The fourth-order valence-corrected chi connectivity index (χ4v) is 2.05. The average molecular weight is 221 g/mol. The van der Waals surface area contributed by atoms with E-state index < -0.39 is 0 Å². The monoisotopic (exact) mass is 221 g/mol. The van der Waals surface area contributed by atoms with Crippen molar-refractivity contribution in [2.24, 2.45) is 0 Å². The van der Waals surface area contributed by atoms with Crippen LogP contribution >= 0.6 is 0 Å². The molecular weight excluding hydrogens is 202 g/mol. The molecule has 4 nitrogen and oxygen atoms in total. The minimum absolute atomic E-state index is 0.144. The van der Waals surface area contributed by atoms with Crippen LogP contribution in [0.15, 0.2) is 12.3 Å². The molecule has 0 radical (unpaired) electrons. The molecule has 1 aromatic heterocycles. The number of aryl methyl sites for hydroxylation is 1. The summed E-state index contributed by atoms with van der Waals surface area (Å²) in [5, 5.41) is 9.12. The maximum Gasteiger partial charge on any atom is 0.152 e. The van der Waals surface area contributed by atoms with Crippen molar-refractivity contribution < 1.29 is 5.11 Å². The predicted octanol–water partition coefficient (Wildman–Crippen LogP) is 1.32. The van der Waals surface area contributed by atoms with E-state index in [9.17, 15) is 0 Å². The highest BCUT2D eigenvalue weighted by Crippen LogP contribution is 2.32. The van der Waals surface area contributed by atoms with Crippen LogP contribution in [0.1, 0.15) is 24.8 Å². The van der Waals surface area contributed by atoms with Crippen LogP contribution in [0, 0.1) is 6.92 Å². The van der Waals surface area contributed by atoms with E-state index in [1.165, 1.54) is 19.3 Å². The highest BCUT2D eigenvalue weighted by molar-refractivity contribution is 5.66. The van der Waals surface area contributed by atoms with Gasteiger partial charge in [-0.1, -0.05) is 0 Å². The lowest BCUT2D eigenvalue weighted by molar-refractivity contribution is 0.283. The van der Waals surface area contributed by atoms with Gasteiger partial charge in [0.25, 0.3) is 0 Å². The van der Waals surface area contributed by atoms with Crippen molar-refractivity contribution in [1.29, 1.82) is 0 Å². The molecule has 16 heavy (non-hydrogen) atoms. The second-order valence-corrected chi connectivity index (χ2v) is 4.37. The van der Waals surface area contributed by atoms with Gasteiger partial charge in [-0.05, 0) is 37.8 Å². The van der Waals surface area contributed by atoms with E-state index in [2.05, 4.69) is 9.88 Å². The van der Waals surface area contributed by atoms with E-state index in [4.69, 9.17) is 10.8 Å². The van der Waals surface area contributed by atoms with Gasteiger partial charge in [0.2, 0.25) is 0 Å². The highest BCUT2D eigenvalue weighted by atomic mass is 16.3. The molecule has 0 unspecified atom stereocenters. The first-order valence-electron chi connectivity index (χ1n) is 5.82. The van der Waals surface area contributed by atoms with E-state index in [1.807, 2.05) is 13.0 Å². The van der Waals surface area contributed by atoms with Crippen LogP contribution in [0.3, 0.4) is 0 Å². The number of aliphatic hydroxyl groups is 1. The van der Waals surface area contributed by atoms with Crippen molar-refractivity contribution >= 4 is 11.5 Å². The van der Waals surface area contributed by atoms with Gasteiger partial charge in [0, 0.05) is 18.8 Å². The minimum atomic E-state index is 0.144. The van der Waals surface area contributed by atoms with Gasteiger partial charge in [-0.2, -0.15) is 0 Å². The van der Waals surface area contributed by atoms with Crippen LogP contribution in [-0.2, 0) is 0 Å². The lowest BCUT2D eigenvalue weighted by atomic mass is 9.91. The van der Waals surface area contributed by atoms with E-state index >= 15 is 0 Å². The van der Waals surface area contributed by atoms with Gasteiger partial charge < -0.3 is 15.7 Å². The summed E-state index contributed by atoms with van der Waals surface area (Å²) < 4.78 is 0. The molecule has 0 amide bonds. The Balaban J connectivity index is 2.26. The Kier molecular flexibility index (Phi) is 3.29. The Labute approximate surface area is 96.1 Å². The van der Waals surface area contributed by atoms with Gasteiger partial charge >= 0.3 is 0 Å². The zero-order valence-electron chi connectivity index (χ0n) is 9.69. The predicted molar refractivity (Wildman–Crippen MR) is 65.5 cm³/mol. The smallest absolute Gasteiger partial charge is 0.152 e. The molecule has 0 saturated heterocycles. The molecule has 1 saturated carbocycles. The van der Waals surface area contributed by atoms with Crippen molar-refractivity contribution in [3.63, 3.8) is 0 Å². The first kappa shape index (κ1) is 11.2. The van der Waals surface area contributed by atoms with Crippen LogP contribution in [-0.4, -0.2) is 29.3 Å². The zero-order valence-corrected chi connectivity index (χ0v) is 9.69. The van der Waals surface area contributed by atoms with Crippen LogP contribution in [0.2, 0.25) is 0 Å². The quantitative estimate of drug-likeness (QED) is 0.805. The minimum Gasteiger partial charge on any atom is -0.396 e. The molecule has 1 heterocycles. The van der Waals surface area contributed by atoms with Crippen molar-refractivity contribution in [2.75, 3.05) is 23.8 Å². The molecule has 1 fully saturated rings. The second-order valence-electron chi connectivity index (χ2n) is 4.37. The molecule has 1 aliphatic rings. The van der Waals surface area contributed by atoms with E-state index in [1.54, 1.807) is 6.20 Å². The van der Waals surface area contributed by atoms with Crippen LogP contribution in [0.4, 0.5) is 11.5 Å². The number of hydrogen-bond acceptors (Lipinski definition) is 4. The normalized spacial score (nSPS) is 15.9. The van der Waals surface area contributed by atoms with Crippen LogP contribution in [0.25, 0.3) is 0 Å². The SMILES string of the molecule is Cc1ccnc(N(CCO)C2CCC2)c1N. The van der Waals surface area contributed by atoms with Crippen LogP contribution in [0.5, 0.6) is 0 Å². The Morgan fingerprint density at radius 3 is 2.88 bits per heavy atom. The number of nitrogens with two attached hydrogens (primary N) is 1. The largest absolute Gasteiger partial charge is 0.396 e. The van der Waals surface area contributed by atoms with Gasteiger partial charge in [-0.25, -0.2) is 4.98 Å². The third-order valence-corrected chi connectivity index (χ3v) is 3.32. The first-order valence-corrected chi connectivity index (χ1v) is 5.82. The summed E-state index contributed by atoms with van der Waals surface area (Å²) in [6, 6.07) is 2.42. The Hall–Kier alpha value is -1.29. The second kappa shape index (κ2) is 4.70. The lowest BCUT2D eigenvalue weighted by Crippen LogP contribution is -2.42. The third-order valence-electron chi connectivity index (χ3n) is 3.32. The Morgan fingerprint density at radius 1 is 1.56 bits per heavy atom. The first-order chi connectivity index (χ1) is 7.74. The molecule has 2 rings (SSSR count). The number of rotatable bonds is 4. The lowest BCUT2D eigenvalue weighted by Gasteiger charge is -2.38. The van der Waals surface area contributed by atoms with E-state index in [0.29, 0.717) is 12.6 Å². The number of anilines is 2. The van der Waals surface area contributed by atoms with E-state index in [0.717, 1.165) is 17.1 Å². The Morgan fingerprint density at radius 2 is 2.31 bits per heavy atom. The molecule has 0 bridgehead atoms. The fourth-order valence-electron chi connectivity index (χ4n) is 2.05. The summed E-state index contributed by atoms with van der Waals surface area (Å²) in [7, 11) is 0. The average Bonchev–Trinajstić information content (AvgIpc) is 2.19. The summed E-state index contributed by atoms with van der Waals surface area (Å²) in [6.07, 6.45) is 5.40. The molecular formula is C12H19N3O. The van der Waals surface area contributed by atoms with Crippen molar-refractivity contribution in [3.8, 4) is 0 Å². The third kappa shape index (κ3) is 1.97. The van der Waals surface area contributed by atoms with Gasteiger partial charge in [0.05, 0.1) is 12.3 Å². The zero-order chi connectivity index (χ0) is 11.5. The summed E-state index contributed by atoms with van der Waals surface area (Å²) in [5.41, 5.74) is 7.83. The van der Waals surface area contributed by atoms with Gasteiger partial charge in [0.15, 0.2) is 5.82 Å². The topological polar surface area (TPSA) is 62.4 Å². The molecule has 0 aromatic carbocycles. The van der Waals surface area contributed by atoms with Gasteiger partial charge in [-0.3, -0.25) is 0 Å². The Bertz CT molecular complexity index is 363. The van der Waals surface area contributed by atoms with Crippen molar-refractivity contribution in [3.05, 3.63) is 17.8 Å². The van der Waals surface area contributed by atoms with Crippen molar-refractivity contribution in [2.45, 2.75) is 32.2 Å². The van der Waals surface area contributed by atoms with Gasteiger partial charge in [-0.15, -0.1) is 0 Å². The number of nitrogens with zero attached hydrogens (tertiary/aromatic N) is 2. The van der Waals surface area contributed by atoms with Gasteiger partial charge in [0.1, 0.15) is 0 Å². The van der Waals surface area contributed by atoms with E-state index in [-0.39, 0.29) is 6.61 Å². The standard InChI is InChI=1S/C12H19N3O/c1-9-5-6-14-12(11(9)13)15(7-8-16)10-3-2-4-10/h5-6,10,16H,2-4,7-8,13H2,1H3. The number of aliphatic hydroxyl groups excluding tert-OH is 1. The fraction of sp³-hybridized carbons (Fsp3) is 0.583. The highest BCUT2D eigenvalue weighted by Gasteiger charge is 2.26. The molecule has 0 atom stereocenters. The molecule has 1 aliphatic carbocycles. The van der Waals surface area contributed by atoms with Crippen LogP contribution < -0.4 is 10.6 Å². The molecule has 88 valence electrons. The number of pyridine rings is 1. The number of aromatic nitrogens is 1. The summed E-state index contributed by atoms with van der Waals surface area (Å²) in [6.45, 7) is 2.75. The summed E-state index contributed by atoms with van der Waals surface area (Å²) >= 11 is 0. The molecule has 3 N–H and O–H groups in total. The molecule has 0 aliphatic heterocycles. The number of hydrogen-bond donors (Lipinski definition) is 2. The maximum absolute atomic E-state index is 9.12. The molecule has 4 heteroatoms. The van der Waals surface area contributed by atoms with Crippen molar-refractivity contribution in [1.82, 2.24) is 4.98 Å². The summed E-state index contributed by atoms with van der Waals surface area (Å²) in [4.78, 5) is 6.50. The molecule has 1 aromatic rings. The maximum atomic E-state index is 9.12. The number of nitrogen functional groups attached to an aromatic ring is 1. The molecule has 0 spiro atoms.